The van der Waals surface area contributed by atoms with Gasteiger partial charge in [0.15, 0.2) is 5.11 Å². The summed E-state index contributed by atoms with van der Waals surface area (Å²) in [6, 6.07) is 14.9. The Balaban J connectivity index is 1.80. The maximum Gasteiger partial charge on any atom is 0.270 e. The number of hydrogen-bond donors (Lipinski definition) is 1. The number of carbonyl (C=O) groups is 2. The molecule has 1 fully saturated rings. The molecule has 3 aromatic rings. The van der Waals surface area contributed by atoms with Crippen molar-refractivity contribution in [3.63, 3.8) is 0 Å². The molecule has 0 saturated carbocycles. The number of halogens is 2. The Morgan fingerprint density at radius 3 is 2.35 bits per heavy atom. The third kappa shape index (κ3) is 3.66. The van der Waals surface area contributed by atoms with E-state index >= 15 is 0 Å². The number of benzene rings is 2. The zero-order chi connectivity index (χ0) is 22.3. The van der Waals surface area contributed by atoms with E-state index in [-0.39, 0.29) is 16.5 Å². The number of aromatic nitrogens is 1. The Labute approximate surface area is 188 Å². The Hall–Kier alpha value is -3.29. The molecule has 1 N–H and O–H groups in total. The zero-order valence-electron chi connectivity index (χ0n) is 16.6. The summed E-state index contributed by atoms with van der Waals surface area (Å²) in [5, 5.41) is 2.82. The van der Waals surface area contributed by atoms with Crippen molar-refractivity contribution >= 4 is 52.5 Å². The van der Waals surface area contributed by atoms with Crippen LogP contribution in [-0.4, -0.2) is 21.5 Å². The minimum atomic E-state index is -0.603. The van der Waals surface area contributed by atoms with E-state index in [2.05, 4.69) is 5.32 Å². The van der Waals surface area contributed by atoms with Crippen LogP contribution >= 0.6 is 23.8 Å². The number of nitrogens with one attached hydrogen (secondary N) is 1. The summed E-state index contributed by atoms with van der Waals surface area (Å²) in [5.74, 6) is -1.56. The first-order chi connectivity index (χ1) is 14.8. The molecule has 156 valence electrons. The van der Waals surface area contributed by atoms with Crippen molar-refractivity contribution in [3.8, 4) is 5.69 Å². The highest BCUT2D eigenvalue weighted by Gasteiger charge is 2.35. The quantitative estimate of drug-likeness (QED) is 0.355. The van der Waals surface area contributed by atoms with E-state index in [9.17, 15) is 14.0 Å². The van der Waals surface area contributed by atoms with Gasteiger partial charge in [0, 0.05) is 11.4 Å². The van der Waals surface area contributed by atoms with Crippen molar-refractivity contribution in [1.29, 1.82) is 0 Å². The van der Waals surface area contributed by atoms with Gasteiger partial charge in [-0.05, 0) is 68.0 Å². The van der Waals surface area contributed by atoms with Crippen LogP contribution < -0.4 is 10.2 Å². The molecule has 0 radical (unpaired) electrons. The molecule has 1 aliphatic heterocycles. The standard InChI is InChI=1S/C23H17ClFN3O2S/c1-13-11-15(14(2)27(13)20-10-6-4-8-18(20)25)12-16-21(29)26-23(31)28(22(16)30)19-9-5-3-7-17(19)24/h3-12H,1-2H3,(H,26,29,31)/b16-12+. The van der Waals surface area contributed by atoms with Gasteiger partial charge in [0.25, 0.3) is 11.8 Å². The molecule has 8 heteroatoms. The lowest BCUT2D eigenvalue weighted by Crippen LogP contribution is -2.54. The number of anilines is 1. The molecular formula is C23H17ClFN3O2S. The van der Waals surface area contributed by atoms with Crippen molar-refractivity contribution < 1.29 is 14.0 Å². The monoisotopic (exact) mass is 453 g/mol. The second-order valence-corrected chi connectivity index (χ2v) is 7.82. The van der Waals surface area contributed by atoms with E-state index in [0.29, 0.717) is 27.7 Å². The molecule has 0 aliphatic carbocycles. The number of rotatable bonds is 3. The van der Waals surface area contributed by atoms with Gasteiger partial charge in [0.05, 0.1) is 16.4 Å². The number of para-hydroxylation sites is 2. The van der Waals surface area contributed by atoms with Gasteiger partial charge in [0.1, 0.15) is 11.4 Å². The van der Waals surface area contributed by atoms with Crippen LogP contribution in [0.1, 0.15) is 17.0 Å². The van der Waals surface area contributed by atoms with Crippen LogP contribution in [0.4, 0.5) is 10.1 Å². The van der Waals surface area contributed by atoms with E-state index in [1.54, 1.807) is 60.0 Å². The predicted molar refractivity (Wildman–Crippen MR) is 123 cm³/mol. The second-order valence-electron chi connectivity index (χ2n) is 7.02. The van der Waals surface area contributed by atoms with Gasteiger partial charge in [-0.1, -0.05) is 35.9 Å². The van der Waals surface area contributed by atoms with Gasteiger partial charge in [0.2, 0.25) is 0 Å². The lowest BCUT2D eigenvalue weighted by atomic mass is 10.1. The molecule has 2 heterocycles. The largest absolute Gasteiger partial charge is 0.315 e. The van der Waals surface area contributed by atoms with Crippen LogP contribution in [-0.2, 0) is 9.59 Å². The lowest BCUT2D eigenvalue weighted by Gasteiger charge is -2.29. The smallest absolute Gasteiger partial charge is 0.270 e. The van der Waals surface area contributed by atoms with Gasteiger partial charge in [-0.2, -0.15) is 0 Å². The highest BCUT2D eigenvalue weighted by atomic mass is 35.5. The summed E-state index contributed by atoms with van der Waals surface area (Å²) in [4.78, 5) is 27.0. The summed E-state index contributed by atoms with van der Waals surface area (Å²) in [6.07, 6.45) is 1.49. The minimum absolute atomic E-state index is 0.0444. The van der Waals surface area contributed by atoms with Crippen molar-refractivity contribution in [2.24, 2.45) is 0 Å². The van der Waals surface area contributed by atoms with E-state index in [1.807, 2.05) is 6.92 Å². The lowest BCUT2D eigenvalue weighted by molar-refractivity contribution is -0.122. The van der Waals surface area contributed by atoms with Crippen LogP contribution in [0, 0.1) is 19.7 Å². The average molecular weight is 454 g/mol. The molecule has 31 heavy (non-hydrogen) atoms. The van der Waals surface area contributed by atoms with Crippen LogP contribution in [0.5, 0.6) is 0 Å². The Bertz CT molecular complexity index is 1280. The fourth-order valence-corrected chi connectivity index (χ4v) is 4.10. The van der Waals surface area contributed by atoms with Gasteiger partial charge < -0.3 is 4.57 Å². The van der Waals surface area contributed by atoms with Gasteiger partial charge >= 0.3 is 0 Å². The molecule has 0 atom stereocenters. The van der Waals surface area contributed by atoms with E-state index in [4.69, 9.17) is 23.8 Å². The van der Waals surface area contributed by atoms with Crippen LogP contribution in [0.15, 0.2) is 60.2 Å². The third-order valence-corrected chi connectivity index (χ3v) is 5.66. The fraction of sp³-hybridized carbons (Fsp3) is 0.0870. The SMILES string of the molecule is Cc1cc(/C=C2\C(=O)NC(=S)N(c3ccccc3Cl)C2=O)c(C)n1-c1ccccc1F. The highest BCUT2D eigenvalue weighted by Crippen LogP contribution is 2.30. The van der Waals surface area contributed by atoms with Crippen LogP contribution in [0.25, 0.3) is 11.8 Å². The van der Waals surface area contributed by atoms with Crippen LogP contribution in [0.3, 0.4) is 0 Å². The number of amides is 2. The molecule has 1 aromatic heterocycles. The molecule has 0 bridgehead atoms. The molecule has 2 amide bonds. The van der Waals surface area contributed by atoms with Crippen molar-refractivity contribution in [1.82, 2.24) is 9.88 Å². The summed E-state index contributed by atoms with van der Waals surface area (Å²) in [5.41, 5.74) is 2.74. The summed E-state index contributed by atoms with van der Waals surface area (Å²) in [6.45, 7) is 3.63. The number of thiocarbonyl (C=S) groups is 1. The van der Waals surface area contributed by atoms with Gasteiger partial charge in [-0.3, -0.25) is 19.8 Å². The fourth-order valence-electron chi connectivity index (χ4n) is 3.60. The number of carbonyl (C=O) groups excluding carboxylic acids is 2. The molecular weight excluding hydrogens is 437 g/mol. The first-order valence-electron chi connectivity index (χ1n) is 9.39. The maximum absolute atomic E-state index is 14.4. The van der Waals surface area contributed by atoms with E-state index in [0.717, 1.165) is 5.69 Å². The zero-order valence-corrected chi connectivity index (χ0v) is 18.2. The normalized spacial score (nSPS) is 15.5. The van der Waals surface area contributed by atoms with E-state index < -0.39 is 11.8 Å². The summed E-state index contributed by atoms with van der Waals surface area (Å²) in [7, 11) is 0. The second kappa shape index (κ2) is 8.09. The minimum Gasteiger partial charge on any atom is -0.315 e. The topological polar surface area (TPSA) is 54.3 Å². The van der Waals surface area contributed by atoms with Gasteiger partial charge in [-0.15, -0.1) is 0 Å². The van der Waals surface area contributed by atoms with Crippen molar-refractivity contribution in [2.75, 3.05) is 4.90 Å². The first-order valence-corrected chi connectivity index (χ1v) is 10.2. The first kappa shape index (κ1) is 21.0. The molecule has 1 saturated heterocycles. The molecule has 5 nitrogen and oxygen atoms in total. The van der Waals surface area contributed by atoms with Crippen LogP contribution in [0.2, 0.25) is 5.02 Å². The Morgan fingerprint density at radius 2 is 1.68 bits per heavy atom. The highest BCUT2D eigenvalue weighted by molar-refractivity contribution is 7.80. The third-order valence-electron chi connectivity index (χ3n) is 5.06. The van der Waals surface area contributed by atoms with Crippen molar-refractivity contribution in [2.45, 2.75) is 13.8 Å². The average Bonchev–Trinajstić information content (AvgIpc) is 3.00. The molecule has 0 spiro atoms. The summed E-state index contributed by atoms with van der Waals surface area (Å²) >= 11 is 11.5. The molecule has 0 unspecified atom stereocenters. The predicted octanol–water partition coefficient (Wildman–Crippen LogP) is 4.72. The Morgan fingerprint density at radius 1 is 1.03 bits per heavy atom. The number of aryl methyl sites for hydroxylation is 1. The summed E-state index contributed by atoms with van der Waals surface area (Å²) < 4.78 is 16.1. The van der Waals surface area contributed by atoms with E-state index in [1.165, 1.54) is 17.0 Å². The number of nitrogens with zero attached hydrogens (tertiary/aromatic N) is 2. The molecule has 2 aromatic carbocycles. The Kier molecular flexibility index (Phi) is 5.47. The van der Waals surface area contributed by atoms with Crippen molar-refractivity contribution in [3.05, 3.63) is 88.0 Å². The molecule has 1 aliphatic rings. The maximum atomic E-state index is 14.4. The number of hydrogen-bond acceptors (Lipinski definition) is 3. The van der Waals surface area contributed by atoms with Gasteiger partial charge in [-0.25, -0.2) is 4.39 Å². The molecule has 4 rings (SSSR count).